The molecule has 1 atom stereocenters. The molecule has 4 rings (SSSR count). The molecule has 1 saturated heterocycles. The van der Waals surface area contributed by atoms with E-state index < -0.39 is 0 Å². The number of anilines is 1. The molecule has 2 aliphatic rings. The maximum absolute atomic E-state index is 12.8. The van der Waals surface area contributed by atoms with Crippen molar-refractivity contribution in [2.75, 3.05) is 25.1 Å². The number of hydrogen-bond acceptors (Lipinski definition) is 6. The first kappa shape index (κ1) is 20.6. The molecule has 2 aromatic heterocycles. The van der Waals surface area contributed by atoms with Crippen molar-refractivity contribution < 1.29 is 14.6 Å². The van der Waals surface area contributed by atoms with Gasteiger partial charge in [0.2, 0.25) is 11.8 Å². The van der Waals surface area contributed by atoms with E-state index >= 15 is 0 Å². The zero-order chi connectivity index (χ0) is 20.9. The summed E-state index contributed by atoms with van der Waals surface area (Å²) in [6.45, 7) is 1.60. The van der Waals surface area contributed by atoms with E-state index in [1.54, 1.807) is 13.3 Å². The van der Waals surface area contributed by atoms with Gasteiger partial charge in [-0.05, 0) is 56.7 Å². The molecule has 0 aromatic carbocycles. The number of ether oxygens (including phenoxy) is 1. The normalized spacial score (nSPS) is 24.3. The minimum absolute atomic E-state index is 0.0159. The number of piperidine rings is 1. The number of rotatable bonds is 5. The van der Waals surface area contributed by atoms with Crippen molar-refractivity contribution in [3.63, 3.8) is 0 Å². The summed E-state index contributed by atoms with van der Waals surface area (Å²) in [7, 11) is 1.60. The zero-order valence-corrected chi connectivity index (χ0v) is 17.5. The Hall–Kier alpha value is -2.67. The molecule has 0 unspecified atom stereocenters. The third-order valence-electron chi connectivity index (χ3n) is 6.19. The molecule has 0 spiro atoms. The van der Waals surface area contributed by atoms with E-state index in [1.165, 1.54) is 0 Å². The largest absolute Gasteiger partial charge is 0.481 e. The zero-order valence-electron chi connectivity index (χ0n) is 17.5. The summed E-state index contributed by atoms with van der Waals surface area (Å²) in [4.78, 5) is 23.9. The number of pyridine rings is 2. The fourth-order valence-corrected chi connectivity index (χ4v) is 4.35. The molecule has 2 fully saturated rings. The van der Waals surface area contributed by atoms with Gasteiger partial charge in [-0.3, -0.25) is 4.79 Å². The van der Waals surface area contributed by atoms with Crippen LogP contribution in [0.25, 0.3) is 11.1 Å². The summed E-state index contributed by atoms with van der Waals surface area (Å²) in [6, 6.07) is 8.07. The highest BCUT2D eigenvalue weighted by Gasteiger charge is 2.29. The van der Waals surface area contributed by atoms with Crippen LogP contribution in [-0.4, -0.2) is 53.3 Å². The van der Waals surface area contributed by atoms with Crippen LogP contribution < -0.4 is 15.0 Å². The topological polar surface area (TPSA) is 87.6 Å². The van der Waals surface area contributed by atoms with Gasteiger partial charge in [-0.2, -0.15) is 0 Å². The van der Waals surface area contributed by atoms with E-state index in [0.29, 0.717) is 12.4 Å². The molecule has 1 aliphatic heterocycles. The monoisotopic (exact) mass is 410 g/mol. The first-order chi connectivity index (χ1) is 14.6. The van der Waals surface area contributed by atoms with E-state index in [1.807, 2.05) is 30.5 Å². The van der Waals surface area contributed by atoms with Gasteiger partial charge in [-0.25, -0.2) is 9.97 Å². The summed E-state index contributed by atoms with van der Waals surface area (Å²) in [6.07, 6.45) is 8.62. The number of amides is 1. The highest BCUT2D eigenvalue weighted by molar-refractivity contribution is 5.80. The van der Waals surface area contributed by atoms with Gasteiger partial charge in [0, 0.05) is 48.7 Å². The molecule has 0 radical (unpaired) electrons. The molecule has 3 heterocycles. The van der Waals surface area contributed by atoms with Crippen LogP contribution in [-0.2, 0) is 4.79 Å². The second kappa shape index (κ2) is 9.43. The Morgan fingerprint density at radius 2 is 1.80 bits per heavy atom. The summed E-state index contributed by atoms with van der Waals surface area (Å²) >= 11 is 0. The third-order valence-corrected chi connectivity index (χ3v) is 6.19. The van der Waals surface area contributed by atoms with Gasteiger partial charge in [-0.1, -0.05) is 0 Å². The number of aliphatic hydroxyl groups is 1. The predicted octanol–water partition coefficient (Wildman–Crippen LogP) is 2.79. The lowest BCUT2D eigenvalue weighted by atomic mass is 9.91. The molecular formula is C23H30N4O3. The molecule has 30 heavy (non-hydrogen) atoms. The van der Waals surface area contributed by atoms with E-state index in [-0.39, 0.29) is 24.0 Å². The molecule has 1 amide bonds. The summed E-state index contributed by atoms with van der Waals surface area (Å²) in [5, 5.41) is 12.9. The molecule has 2 aromatic rings. The fourth-order valence-electron chi connectivity index (χ4n) is 4.35. The number of nitrogens with one attached hydrogen (secondary N) is 1. The Kier molecular flexibility index (Phi) is 6.47. The van der Waals surface area contributed by atoms with E-state index in [2.05, 4.69) is 20.2 Å². The van der Waals surface area contributed by atoms with Gasteiger partial charge in [0.25, 0.3) is 0 Å². The molecule has 1 aliphatic carbocycles. The van der Waals surface area contributed by atoms with Crippen LogP contribution >= 0.6 is 0 Å². The lowest BCUT2D eigenvalue weighted by Crippen LogP contribution is -2.47. The average Bonchev–Trinajstić information content (AvgIpc) is 2.81. The molecule has 7 nitrogen and oxygen atoms in total. The number of hydrogen-bond donors (Lipinski definition) is 2. The molecule has 1 saturated carbocycles. The highest BCUT2D eigenvalue weighted by atomic mass is 16.5. The van der Waals surface area contributed by atoms with Crippen LogP contribution in [0.15, 0.2) is 36.7 Å². The van der Waals surface area contributed by atoms with Crippen LogP contribution in [0.3, 0.4) is 0 Å². The molecule has 2 N–H and O–H groups in total. The second-order valence-corrected chi connectivity index (χ2v) is 8.29. The van der Waals surface area contributed by atoms with E-state index in [0.717, 1.165) is 62.0 Å². The van der Waals surface area contributed by atoms with Crippen molar-refractivity contribution >= 4 is 11.7 Å². The number of nitrogens with zero attached hydrogens (tertiary/aromatic N) is 3. The van der Waals surface area contributed by atoms with Gasteiger partial charge in [0.1, 0.15) is 5.82 Å². The van der Waals surface area contributed by atoms with Gasteiger partial charge in [0.15, 0.2) is 0 Å². The van der Waals surface area contributed by atoms with E-state index in [9.17, 15) is 9.90 Å². The van der Waals surface area contributed by atoms with Crippen molar-refractivity contribution in [3.05, 3.63) is 36.7 Å². The molecule has 7 heteroatoms. The van der Waals surface area contributed by atoms with Crippen molar-refractivity contribution in [3.8, 4) is 17.0 Å². The average molecular weight is 411 g/mol. The number of aromatic nitrogens is 2. The minimum Gasteiger partial charge on any atom is -0.481 e. The van der Waals surface area contributed by atoms with Crippen molar-refractivity contribution in [2.24, 2.45) is 5.92 Å². The molecular weight excluding hydrogens is 380 g/mol. The van der Waals surface area contributed by atoms with Gasteiger partial charge in [-0.15, -0.1) is 0 Å². The number of aliphatic hydroxyl groups excluding tert-OH is 1. The lowest BCUT2D eigenvalue weighted by molar-refractivity contribution is -0.126. The smallest absolute Gasteiger partial charge is 0.225 e. The summed E-state index contributed by atoms with van der Waals surface area (Å²) in [5.74, 6) is 1.61. The Bertz CT molecular complexity index is 833. The van der Waals surface area contributed by atoms with Crippen LogP contribution in [0.4, 0.5) is 5.82 Å². The van der Waals surface area contributed by atoms with Gasteiger partial charge >= 0.3 is 0 Å². The predicted molar refractivity (Wildman–Crippen MR) is 115 cm³/mol. The van der Waals surface area contributed by atoms with Crippen LogP contribution in [0.5, 0.6) is 5.88 Å². The van der Waals surface area contributed by atoms with Crippen LogP contribution in [0.1, 0.15) is 38.5 Å². The Morgan fingerprint density at radius 3 is 2.43 bits per heavy atom. The number of methoxy groups -OCH3 is 1. The van der Waals surface area contributed by atoms with Crippen LogP contribution in [0, 0.1) is 5.92 Å². The first-order valence-electron chi connectivity index (χ1n) is 10.8. The van der Waals surface area contributed by atoms with E-state index in [4.69, 9.17) is 4.74 Å². The Labute approximate surface area is 177 Å². The SMILES string of the molecule is COc1ccc(-c2ccc(N3CCC[C@H](C(=O)NC4CCC(O)CC4)C3)nc2)cn1. The third kappa shape index (κ3) is 4.90. The maximum atomic E-state index is 12.8. The minimum atomic E-state index is -0.203. The summed E-state index contributed by atoms with van der Waals surface area (Å²) < 4.78 is 5.11. The highest BCUT2D eigenvalue weighted by Crippen LogP contribution is 2.26. The Morgan fingerprint density at radius 1 is 1.07 bits per heavy atom. The quantitative estimate of drug-likeness (QED) is 0.788. The van der Waals surface area contributed by atoms with Gasteiger partial charge in [0.05, 0.1) is 19.1 Å². The molecule has 0 bridgehead atoms. The first-order valence-corrected chi connectivity index (χ1v) is 10.8. The second-order valence-electron chi connectivity index (χ2n) is 8.29. The van der Waals surface area contributed by atoms with Crippen molar-refractivity contribution in [1.29, 1.82) is 0 Å². The maximum Gasteiger partial charge on any atom is 0.225 e. The standard InChI is InChI=1S/C23H30N4O3/c1-30-22-11-5-17(14-25-22)16-4-10-21(24-13-16)27-12-2-3-18(15-27)23(29)26-19-6-8-20(28)9-7-19/h4-5,10-11,13-14,18-20,28H,2-3,6-9,12,15H2,1H3,(H,26,29)/t18-,19?,20?/m0/s1. The molecule has 160 valence electrons. The van der Waals surface area contributed by atoms with Crippen molar-refractivity contribution in [1.82, 2.24) is 15.3 Å². The lowest BCUT2D eigenvalue weighted by Gasteiger charge is -2.34. The van der Waals surface area contributed by atoms with Crippen molar-refractivity contribution in [2.45, 2.75) is 50.7 Å². The Balaban J connectivity index is 1.36. The van der Waals surface area contributed by atoms with Crippen LogP contribution in [0.2, 0.25) is 0 Å². The van der Waals surface area contributed by atoms with Gasteiger partial charge < -0.3 is 20.1 Å². The summed E-state index contributed by atoms with van der Waals surface area (Å²) in [5.41, 5.74) is 1.99. The number of carbonyl (C=O) groups excluding carboxylic acids is 1. The number of carbonyl (C=O) groups is 1. The fraction of sp³-hybridized carbons (Fsp3) is 0.522.